The molecule has 0 aliphatic carbocycles. The minimum absolute atomic E-state index is 0.509. The van der Waals surface area contributed by atoms with Crippen molar-refractivity contribution in [3.05, 3.63) is 52.0 Å². The third-order valence-electron chi connectivity index (χ3n) is 3.11. The zero-order valence-corrected chi connectivity index (χ0v) is 12.6. The summed E-state index contributed by atoms with van der Waals surface area (Å²) in [6.07, 6.45) is 0. The Morgan fingerprint density at radius 1 is 1.10 bits per heavy atom. The zero-order valence-electron chi connectivity index (χ0n) is 11.1. The largest absolute Gasteiger partial charge is 0.399 e. The maximum absolute atomic E-state index is 6.22. The van der Waals surface area contributed by atoms with Crippen molar-refractivity contribution in [2.45, 2.75) is 6.92 Å². The summed E-state index contributed by atoms with van der Waals surface area (Å²) in [6, 6.07) is 10.7. The van der Waals surface area contributed by atoms with Crippen LogP contribution in [0.1, 0.15) is 5.56 Å². The van der Waals surface area contributed by atoms with E-state index >= 15 is 0 Å². The summed E-state index contributed by atoms with van der Waals surface area (Å²) in [5.41, 5.74) is 8.97. The summed E-state index contributed by atoms with van der Waals surface area (Å²) < 4.78 is 1.55. The van der Waals surface area contributed by atoms with E-state index in [1.54, 1.807) is 22.9 Å². The lowest BCUT2D eigenvalue weighted by molar-refractivity contribution is 0.791. The van der Waals surface area contributed by atoms with Crippen molar-refractivity contribution in [3.63, 3.8) is 0 Å². The van der Waals surface area contributed by atoms with Gasteiger partial charge in [0.15, 0.2) is 5.82 Å². The molecule has 0 atom stereocenters. The molecule has 0 saturated carbocycles. The van der Waals surface area contributed by atoms with Crippen LogP contribution in [-0.4, -0.2) is 20.2 Å². The molecule has 106 valence electrons. The molecular weight excluding hydrogens is 309 g/mol. The number of nitrogen functional groups attached to an aromatic ring is 1. The normalized spacial score (nSPS) is 10.8. The highest BCUT2D eigenvalue weighted by Gasteiger charge is 2.15. The van der Waals surface area contributed by atoms with Crippen molar-refractivity contribution in [2.75, 3.05) is 5.73 Å². The second kappa shape index (κ2) is 5.35. The topological polar surface area (TPSA) is 69.6 Å². The van der Waals surface area contributed by atoms with Crippen molar-refractivity contribution in [1.82, 2.24) is 20.2 Å². The Morgan fingerprint density at radius 2 is 1.90 bits per heavy atom. The Hall–Kier alpha value is -2.11. The van der Waals surface area contributed by atoms with Crippen LogP contribution in [0.3, 0.4) is 0 Å². The molecule has 3 rings (SSSR count). The molecular formula is C14H11Cl2N5. The first-order chi connectivity index (χ1) is 10.1. The number of nitrogens with two attached hydrogens (primary N) is 1. The molecule has 21 heavy (non-hydrogen) atoms. The number of tetrazole rings is 1. The van der Waals surface area contributed by atoms with E-state index in [0.29, 0.717) is 27.2 Å². The van der Waals surface area contributed by atoms with Gasteiger partial charge in [-0.25, -0.2) is 0 Å². The highest BCUT2D eigenvalue weighted by atomic mass is 35.5. The molecule has 1 aromatic heterocycles. The molecule has 2 N–H and O–H groups in total. The van der Waals surface area contributed by atoms with Crippen molar-refractivity contribution in [1.29, 1.82) is 0 Å². The SMILES string of the molecule is Cc1ccc(N)cc1-c1nnnn1-c1cc(Cl)ccc1Cl. The first-order valence-electron chi connectivity index (χ1n) is 6.16. The average Bonchev–Trinajstić information content (AvgIpc) is 2.93. The Labute approximate surface area is 131 Å². The monoisotopic (exact) mass is 319 g/mol. The van der Waals surface area contributed by atoms with Gasteiger partial charge in [0, 0.05) is 16.3 Å². The maximum atomic E-state index is 6.22. The summed E-state index contributed by atoms with van der Waals surface area (Å²) >= 11 is 12.2. The number of nitrogens with zero attached hydrogens (tertiary/aromatic N) is 4. The maximum Gasteiger partial charge on any atom is 0.187 e. The minimum atomic E-state index is 0.509. The van der Waals surface area contributed by atoms with Crippen LogP contribution in [0, 0.1) is 6.92 Å². The quantitative estimate of drug-likeness (QED) is 0.733. The molecule has 1 heterocycles. The third kappa shape index (κ3) is 2.57. The zero-order chi connectivity index (χ0) is 15.0. The molecule has 0 spiro atoms. The van der Waals surface area contributed by atoms with Crippen LogP contribution in [0.4, 0.5) is 5.69 Å². The van der Waals surface area contributed by atoms with Crippen LogP contribution >= 0.6 is 23.2 Å². The highest BCUT2D eigenvalue weighted by molar-refractivity contribution is 6.34. The number of halogens is 2. The summed E-state index contributed by atoms with van der Waals surface area (Å²) in [5, 5.41) is 12.9. The number of aromatic nitrogens is 4. The number of aryl methyl sites for hydroxylation is 1. The van der Waals surface area contributed by atoms with Crippen molar-refractivity contribution < 1.29 is 0 Å². The molecule has 0 amide bonds. The van der Waals surface area contributed by atoms with Gasteiger partial charge in [-0.1, -0.05) is 29.3 Å². The van der Waals surface area contributed by atoms with E-state index in [4.69, 9.17) is 28.9 Å². The predicted molar refractivity (Wildman–Crippen MR) is 83.8 cm³/mol. The molecule has 0 radical (unpaired) electrons. The van der Waals surface area contributed by atoms with Gasteiger partial charge in [0.2, 0.25) is 0 Å². The van der Waals surface area contributed by atoms with Crippen LogP contribution in [0.15, 0.2) is 36.4 Å². The van der Waals surface area contributed by atoms with E-state index in [2.05, 4.69) is 15.5 Å². The fourth-order valence-electron chi connectivity index (χ4n) is 2.05. The second-order valence-corrected chi connectivity index (χ2v) is 5.43. The van der Waals surface area contributed by atoms with Gasteiger partial charge in [0.1, 0.15) is 0 Å². The van der Waals surface area contributed by atoms with Crippen LogP contribution in [0.5, 0.6) is 0 Å². The molecule has 2 aromatic carbocycles. The standard InChI is InChI=1S/C14H11Cl2N5/c1-8-2-4-10(17)7-11(8)14-18-19-20-21(14)13-6-9(15)3-5-12(13)16/h2-7H,17H2,1H3. The summed E-state index contributed by atoms with van der Waals surface area (Å²) in [5.74, 6) is 0.559. The Morgan fingerprint density at radius 3 is 2.71 bits per heavy atom. The smallest absolute Gasteiger partial charge is 0.187 e. The van der Waals surface area contributed by atoms with Gasteiger partial charge >= 0.3 is 0 Å². The van der Waals surface area contributed by atoms with Crippen LogP contribution < -0.4 is 5.73 Å². The minimum Gasteiger partial charge on any atom is -0.399 e. The Kier molecular flexibility index (Phi) is 3.53. The van der Waals surface area contributed by atoms with Gasteiger partial charge in [-0.2, -0.15) is 4.68 Å². The fraction of sp³-hybridized carbons (Fsp3) is 0.0714. The fourth-order valence-corrected chi connectivity index (χ4v) is 2.41. The van der Waals surface area contributed by atoms with Crippen molar-refractivity contribution >= 4 is 28.9 Å². The van der Waals surface area contributed by atoms with Gasteiger partial charge < -0.3 is 5.73 Å². The first kappa shape index (κ1) is 13.9. The van der Waals surface area contributed by atoms with Gasteiger partial charge in [-0.15, -0.1) is 5.10 Å². The number of benzene rings is 2. The molecule has 3 aromatic rings. The average molecular weight is 320 g/mol. The Balaban J connectivity index is 2.22. The van der Waals surface area contributed by atoms with Crippen LogP contribution in [0.2, 0.25) is 10.0 Å². The van der Waals surface area contributed by atoms with Crippen LogP contribution in [-0.2, 0) is 0 Å². The predicted octanol–water partition coefficient (Wildman–Crippen LogP) is 3.53. The lowest BCUT2D eigenvalue weighted by Gasteiger charge is -2.09. The summed E-state index contributed by atoms with van der Waals surface area (Å²) in [7, 11) is 0. The second-order valence-electron chi connectivity index (χ2n) is 4.58. The molecule has 0 unspecified atom stereocenters. The van der Waals surface area contributed by atoms with E-state index in [0.717, 1.165) is 11.1 Å². The number of hydrogen-bond acceptors (Lipinski definition) is 4. The Bertz CT molecular complexity index is 747. The van der Waals surface area contributed by atoms with Gasteiger partial charge in [-0.3, -0.25) is 0 Å². The van der Waals surface area contributed by atoms with E-state index in [-0.39, 0.29) is 0 Å². The third-order valence-corrected chi connectivity index (χ3v) is 3.66. The molecule has 0 fully saturated rings. The molecule has 0 aliphatic heterocycles. The lowest BCUT2D eigenvalue weighted by Crippen LogP contribution is -2.02. The number of anilines is 1. The number of hydrogen-bond donors (Lipinski definition) is 1. The van der Waals surface area contributed by atoms with Gasteiger partial charge in [0.25, 0.3) is 0 Å². The molecule has 0 saturated heterocycles. The lowest BCUT2D eigenvalue weighted by atomic mass is 10.1. The summed E-state index contributed by atoms with van der Waals surface area (Å²) in [6.45, 7) is 1.97. The molecule has 0 aliphatic rings. The summed E-state index contributed by atoms with van der Waals surface area (Å²) in [4.78, 5) is 0. The highest BCUT2D eigenvalue weighted by Crippen LogP contribution is 2.29. The van der Waals surface area contributed by atoms with E-state index < -0.39 is 0 Å². The van der Waals surface area contributed by atoms with Crippen LogP contribution in [0.25, 0.3) is 17.1 Å². The van der Waals surface area contributed by atoms with Crippen molar-refractivity contribution in [3.8, 4) is 17.1 Å². The molecule has 5 nitrogen and oxygen atoms in total. The van der Waals surface area contributed by atoms with E-state index in [1.807, 2.05) is 25.1 Å². The van der Waals surface area contributed by atoms with Gasteiger partial charge in [0.05, 0.1) is 10.7 Å². The molecule has 0 bridgehead atoms. The molecule has 7 heteroatoms. The van der Waals surface area contributed by atoms with E-state index in [1.165, 1.54) is 0 Å². The van der Waals surface area contributed by atoms with Crippen molar-refractivity contribution in [2.24, 2.45) is 0 Å². The van der Waals surface area contributed by atoms with Gasteiger partial charge in [-0.05, 0) is 53.2 Å². The van der Waals surface area contributed by atoms with E-state index in [9.17, 15) is 0 Å². The number of rotatable bonds is 2. The first-order valence-corrected chi connectivity index (χ1v) is 6.92.